The predicted molar refractivity (Wildman–Crippen MR) is 54.0 cm³/mol. The van der Waals surface area contributed by atoms with Crippen LogP contribution in [-0.2, 0) is 4.74 Å². The lowest BCUT2D eigenvalue weighted by molar-refractivity contribution is 0.149. The molecular formula is C8H13N3OS. The molecule has 0 aromatic carbocycles. The van der Waals surface area contributed by atoms with E-state index in [1.165, 1.54) is 11.3 Å². The molecular weight excluding hydrogens is 186 g/mol. The Bertz CT molecular complexity index is 225. The molecule has 0 amide bonds. The van der Waals surface area contributed by atoms with Crippen molar-refractivity contribution in [3.8, 4) is 0 Å². The van der Waals surface area contributed by atoms with E-state index in [0.29, 0.717) is 6.61 Å². The van der Waals surface area contributed by atoms with Crippen LogP contribution in [0.2, 0.25) is 0 Å². The van der Waals surface area contributed by atoms with Crippen molar-refractivity contribution in [3.05, 3.63) is 18.2 Å². The molecule has 0 aliphatic rings. The summed E-state index contributed by atoms with van der Waals surface area (Å²) in [6, 6.07) is 0. The number of hydrogen-bond acceptors (Lipinski definition) is 5. The van der Waals surface area contributed by atoms with Gasteiger partial charge in [-0.25, -0.2) is 0 Å². The van der Waals surface area contributed by atoms with Crippen molar-refractivity contribution in [1.29, 1.82) is 0 Å². The fourth-order valence-corrected chi connectivity index (χ4v) is 1.22. The smallest absolute Gasteiger partial charge is 0.205 e. The van der Waals surface area contributed by atoms with Crippen LogP contribution in [-0.4, -0.2) is 30.0 Å². The van der Waals surface area contributed by atoms with E-state index in [-0.39, 0.29) is 0 Å². The highest BCUT2D eigenvalue weighted by Gasteiger charge is 1.93. The molecule has 4 nitrogen and oxygen atoms in total. The van der Waals surface area contributed by atoms with Gasteiger partial charge in [0.2, 0.25) is 5.13 Å². The summed E-state index contributed by atoms with van der Waals surface area (Å²) in [5, 5.41) is 11.5. The Balaban J connectivity index is 1.93. The molecule has 0 aliphatic carbocycles. The summed E-state index contributed by atoms with van der Waals surface area (Å²) in [6.07, 6.45) is 2.75. The largest absolute Gasteiger partial charge is 0.379 e. The molecule has 0 saturated heterocycles. The van der Waals surface area contributed by atoms with Gasteiger partial charge in [-0.05, 0) is 6.42 Å². The number of nitrogens with one attached hydrogen (secondary N) is 1. The van der Waals surface area contributed by atoms with Crippen LogP contribution in [0.15, 0.2) is 18.2 Å². The summed E-state index contributed by atoms with van der Waals surface area (Å²) in [5.74, 6) is 0. The van der Waals surface area contributed by atoms with Crippen LogP contribution in [0.5, 0.6) is 0 Å². The second-order valence-corrected chi connectivity index (χ2v) is 3.19. The minimum absolute atomic E-state index is 0.688. The molecule has 0 aliphatic heterocycles. The van der Waals surface area contributed by atoms with Crippen molar-refractivity contribution in [2.75, 3.05) is 25.1 Å². The van der Waals surface area contributed by atoms with Crippen molar-refractivity contribution < 1.29 is 4.74 Å². The number of hydrogen-bond donors (Lipinski definition) is 1. The lowest BCUT2D eigenvalue weighted by Gasteiger charge is -2.02. The lowest BCUT2D eigenvalue weighted by Crippen LogP contribution is -2.09. The fraction of sp³-hybridized carbons (Fsp3) is 0.500. The Morgan fingerprint density at radius 2 is 2.54 bits per heavy atom. The van der Waals surface area contributed by atoms with Crippen LogP contribution < -0.4 is 5.32 Å². The third kappa shape index (κ3) is 4.59. The molecule has 13 heavy (non-hydrogen) atoms. The molecule has 0 fully saturated rings. The number of rotatable bonds is 7. The zero-order valence-electron chi connectivity index (χ0n) is 7.40. The molecule has 0 atom stereocenters. The minimum Gasteiger partial charge on any atom is -0.379 e. The lowest BCUT2D eigenvalue weighted by atomic mass is 10.5. The van der Waals surface area contributed by atoms with Gasteiger partial charge in [0.1, 0.15) is 5.51 Å². The van der Waals surface area contributed by atoms with Gasteiger partial charge in [0.15, 0.2) is 0 Å². The summed E-state index contributed by atoms with van der Waals surface area (Å²) in [6.45, 7) is 5.80. The second kappa shape index (κ2) is 6.56. The monoisotopic (exact) mass is 199 g/mol. The standard InChI is InChI=1S/C8H13N3OS/c1-2-3-5-12-6-4-9-8-11-10-7-13-8/h2,7H,1,3-6H2,(H,9,11). The molecule has 1 aromatic rings. The molecule has 0 unspecified atom stereocenters. The van der Waals surface area contributed by atoms with Crippen molar-refractivity contribution in [2.45, 2.75) is 6.42 Å². The van der Waals surface area contributed by atoms with E-state index >= 15 is 0 Å². The summed E-state index contributed by atoms with van der Waals surface area (Å²) < 4.78 is 5.30. The molecule has 0 saturated carbocycles. The Morgan fingerprint density at radius 1 is 1.62 bits per heavy atom. The topological polar surface area (TPSA) is 47.0 Å². The Labute approximate surface area is 81.6 Å². The van der Waals surface area contributed by atoms with Gasteiger partial charge < -0.3 is 10.1 Å². The third-order valence-corrected chi connectivity index (χ3v) is 2.00. The first kappa shape index (κ1) is 10.1. The maximum absolute atomic E-state index is 5.30. The van der Waals surface area contributed by atoms with Gasteiger partial charge in [-0.2, -0.15) is 0 Å². The second-order valence-electron chi connectivity index (χ2n) is 2.36. The van der Waals surface area contributed by atoms with Crippen LogP contribution in [0.25, 0.3) is 0 Å². The summed E-state index contributed by atoms with van der Waals surface area (Å²) >= 11 is 1.49. The Kier molecular flexibility index (Phi) is 5.12. The quantitative estimate of drug-likeness (QED) is 0.534. The van der Waals surface area contributed by atoms with Gasteiger partial charge in [0, 0.05) is 6.54 Å². The average Bonchev–Trinajstić information content (AvgIpc) is 2.63. The number of ether oxygens (including phenoxy) is 1. The summed E-state index contributed by atoms with van der Waals surface area (Å²) in [4.78, 5) is 0. The molecule has 0 bridgehead atoms. The van der Waals surface area contributed by atoms with Crippen LogP contribution in [0.3, 0.4) is 0 Å². The SMILES string of the molecule is C=CCCOCCNc1nncs1. The zero-order chi connectivity index (χ0) is 9.36. The highest BCUT2D eigenvalue weighted by atomic mass is 32.1. The van der Waals surface area contributed by atoms with Crippen molar-refractivity contribution >= 4 is 16.5 Å². The van der Waals surface area contributed by atoms with E-state index in [4.69, 9.17) is 4.74 Å². The summed E-state index contributed by atoms with van der Waals surface area (Å²) in [7, 11) is 0. The van der Waals surface area contributed by atoms with Crippen LogP contribution in [0.4, 0.5) is 5.13 Å². The number of anilines is 1. The highest BCUT2D eigenvalue weighted by Crippen LogP contribution is 2.06. The van der Waals surface area contributed by atoms with Crippen molar-refractivity contribution in [1.82, 2.24) is 10.2 Å². The van der Waals surface area contributed by atoms with Crippen molar-refractivity contribution in [3.63, 3.8) is 0 Å². The first-order valence-electron chi connectivity index (χ1n) is 4.12. The zero-order valence-corrected chi connectivity index (χ0v) is 8.22. The van der Waals surface area contributed by atoms with E-state index in [0.717, 1.165) is 24.7 Å². The van der Waals surface area contributed by atoms with E-state index in [2.05, 4.69) is 22.1 Å². The molecule has 0 spiro atoms. The Hall–Kier alpha value is -0.940. The van der Waals surface area contributed by atoms with E-state index < -0.39 is 0 Å². The van der Waals surface area contributed by atoms with E-state index in [1.807, 2.05) is 6.08 Å². The third-order valence-electron chi connectivity index (χ3n) is 1.35. The van der Waals surface area contributed by atoms with Crippen LogP contribution >= 0.6 is 11.3 Å². The average molecular weight is 199 g/mol. The van der Waals surface area contributed by atoms with Crippen molar-refractivity contribution in [2.24, 2.45) is 0 Å². The first-order chi connectivity index (χ1) is 6.43. The maximum Gasteiger partial charge on any atom is 0.205 e. The molecule has 1 heterocycles. The van der Waals surface area contributed by atoms with Gasteiger partial charge in [-0.1, -0.05) is 17.4 Å². The van der Waals surface area contributed by atoms with Gasteiger partial charge >= 0.3 is 0 Å². The van der Waals surface area contributed by atoms with Gasteiger partial charge in [-0.3, -0.25) is 0 Å². The predicted octanol–water partition coefficient (Wildman–Crippen LogP) is 1.54. The van der Waals surface area contributed by atoms with E-state index in [1.54, 1.807) is 5.51 Å². The molecule has 1 N–H and O–H groups in total. The highest BCUT2D eigenvalue weighted by molar-refractivity contribution is 7.13. The first-order valence-corrected chi connectivity index (χ1v) is 5.00. The molecule has 1 aromatic heterocycles. The number of aromatic nitrogens is 2. The molecule has 72 valence electrons. The van der Waals surface area contributed by atoms with E-state index in [9.17, 15) is 0 Å². The molecule has 1 rings (SSSR count). The summed E-state index contributed by atoms with van der Waals surface area (Å²) in [5.41, 5.74) is 1.70. The van der Waals surface area contributed by atoms with Gasteiger partial charge in [0.05, 0.1) is 13.2 Å². The molecule has 0 radical (unpaired) electrons. The Morgan fingerprint density at radius 3 is 3.23 bits per heavy atom. The number of nitrogens with zero attached hydrogens (tertiary/aromatic N) is 2. The maximum atomic E-state index is 5.30. The fourth-order valence-electron chi connectivity index (χ4n) is 0.749. The van der Waals surface area contributed by atoms with Crippen LogP contribution in [0.1, 0.15) is 6.42 Å². The van der Waals surface area contributed by atoms with Gasteiger partial charge in [0.25, 0.3) is 0 Å². The molecule has 5 heteroatoms. The van der Waals surface area contributed by atoms with Crippen LogP contribution in [0, 0.1) is 0 Å². The minimum atomic E-state index is 0.688. The van der Waals surface area contributed by atoms with Gasteiger partial charge in [-0.15, -0.1) is 16.8 Å². The normalized spacial score (nSPS) is 9.85.